The zero-order chi connectivity index (χ0) is 87.7. The first-order valence-electron chi connectivity index (χ1n) is 40.0. The van der Waals surface area contributed by atoms with Gasteiger partial charge in [0.1, 0.15) is 87.0 Å². The number of esters is 5. The number of carbonyl (C=O) groups excluding carboxylic acids is 15. The molecule has 5 aromatic carbocycles. The molecule has 0 aliphatic rings. The third-order valence-corrected chi connectivity index (χ3v) is 17.3. The molecule has 5 aromatic rings. The molecular weight excluding hydrogens is 1550 g/mol. The largest absolute Gasteiger partial charge is 0.461 e. The second-order valence-electron chi connectivity index (χ2n) is 30.5. The van der Waals surface area contributed by atoms with Gasteiger partial charge in [-0.05, 0) is 120 Å². The van der Waals surface area contributed by atoms with E-state index in [0.717, 1.165) is 5.56 Å². The third-order valence-electron chi connectivity index (χ3n) is 17.3. The fourth-order valence-electron chi connectivity index (χ4n) is 11.3. The van der Waals surface area contributed by atoms with E-state index < -0.39 is 169 Å². The summed E-state index contributed by atoms with van der Waals surface area (Å²) in [4.78, 5) is 201. The van der Waals surface area contributed by atoms with Gasteiger partial charge in [0.15, 0.2) is 0 Å². The second-order valence-corrected chi connectivity index (χ2v) is 30.5. The van der Waals surface area contributed by atoms with E-state index in [4.69, 9.17) is 37.9 Å². The lowest BCUT2D eigenvalue weighted by atomic mass is 10.0. The molecule has 0 fully saturated rings. The minimum atomic E-state index is -1.58. The van der Waals surface area contributed by atoms with Crippen LogP contribution in [0, 0.1) is 5.92 Å². The number of hydrogen-bond donors (Lipinski definition) is 10. The molecule has 10 N–H and O–H groups in total. The van der Waals surface area contributed by atoms with Gasteiger partial charge in [-0.3, -0.25) is 57.5 Å². The molecule has 0 bridgehead atoms. The summed E-state index contributed by atoms with van der Waals surface area (Å²) in [5, 5.41) is 26.1. The van der Waals surface area contributed by atoms with Gasteiger partial charge in [0.05, 0.1) is 32.8 Å². The Hall–Kier alpha value is -12.1. The molecular formula is C87H116N10O23. The molecule has 10 amide bonds. The molecule has 652 valence electrons. The lowest BCUT2D eigenvalue weighted by molar-refractivity contribution is -0.156. The fourth-order valence-corrected chi connectivity index (χ4v) is 11.3. The number of unbranched alkanes of at least 4 members (excludes halogenated alkanes) is 1. The molecule has 0 heterocycles. The maximum Gasteiger partial charge on any atom is 0.408 e. The predicted octanol–water partition coefficient (Wildman–Crippen LogP) is 5.70. The van der Waals surface area contributed by atoms with E-state index in [0.29, 0.717) is 28.7 Å². The molecule has 0 spiro atoms. The average Bonchev–Trinajstić information content (AvgIpc) is 0.859. The summed E-state index contributed by atoms with van der Waals surface area (Å²) >= 11 is 0. The maximum absolute atomic E-state index is 14.5. The van der Waals surface area contributed by atoms with Gasteiger partial charge in [-0.25, -0.2) is 14.4 Å². The van der Waals surface area contributed by atoms with Gasteiger partial charge in [0, 0.05) is 45.2 Å². The van der Waals surface area contributed by atoms with Crippen molar-refractivity contribution in [2.45, 2.75) is 213 Å². The predicted molar refractivity (Wildman–Crippen MR) is 438 cm³/mol. The number of ether oxygens (including phenoxy) is 8. The molecule has 0 radical (unpaired) electrons. The van der Waals surface area contributed by atoms with Crippen molar-refractivity contribution >= 4 is 89.1 Å². The van der Waals surface area contributed by atoms with Gasteiger partial charge in [-0.2, -0.15) is 0 Å². The molecule has 6 unspecified atom stereocenters. The van der Waals surface area contributed by atoms with E-state index in [1.54, 1.807) is 193 Å². The number of benzene rings is 5. The fraction of sp³-hybridized carbons (Fsp3) is 0.483. The van der Waals surface area contributed by atoms with E-state index in [2.05, 4.69) is 53.2 Å². The highest BCUT2D eigenvalue weighted by Gasteiger charge is 2.33. The Balaban J connectivity index is 1.17. The summed E-state index contributed by atoms with van der Waals surface area (Å²) < 4.78 is 43.8. The van der Waals surface area contributed by atoms with Crippen molar-refractivity contribution in [3.8, 4) is 0 Å². The van der Waals surface area contributed by atoms with Gasteiger partial charge in [-0.1, -0.05) is 166 Å². The summed E-state index contributed by atoms with van der Waals surface area (Å²) in [6.07, 6.45) is -2.75. The Morgan fingerprint density at radius 2 is 0.742 bits per heavy atom. The molecule has 0 aliphatic carbocycles. The van der Waals surface area contributed by atoms with Crippen LogP contribution in [-0.2, 0) is 138 Å². The Bertz CT molecular complexity index is 4070. The van der Waals surface area contributed by atoms with Crippen LogP contribution in [0.1, 0.15) is 160 Å². The van der Waals surface area contributed by atoms with Gasteiger partial charge < -0.3 is 91.1 Å². The highest BCUT2D eigenvalue weighted by molar-refractivity contribution is 5.95. The monoisotopic (exact) mass is 1670 g/mol. The second kappa shape index (κ2) is 54.0. The van der Waals surface area contributed by atoms with Crippen LogP contribution in [-0.4, -0.2) is 189 Å². The van der Waals surface area contributed by atoms with Crippen molar-refractivity contribution in [3.05, 3.63) is 179 Å². The molecule has 5 rings (SSSR count). The van der Waals surface area contributed by atoms with E-state index in [-0.39, 0.29) is 129 Å². The van der Waals surface area contributed by atoms with E-state index >= 15 is 0 Å². The lowest BCUT2D eigenvalue weighted by Crippen LogP contribution is -2.56. The van der Waals surface area contributed by atoms with Crippen molar-refractivity contribution in [1.82, 2.24) is 53.2 Å². The first-order chi connectivity index (χ1) is 57.3. The van der Waals surface area contributed by atoms with Gasteiger partial charge in [0.25, 0.3) is 0 Å². The number of nitrogens with one attached hydrogen (secondary N) is 10. The van der Waals surface area contributed by atoms with E-state index in [9.17, 15) is 71.9 Å². The SMILES string of the molecule is CC(C)CC(NC(=O)C(Cc1ccccc1)NC(=O)CNC(=O)OC(C)(C)C)C(=O)NCC(=O)NCCCCC(NC(=O)CCC(=O)OC(C)(C)C)C(=O)NCCOCCOCC(=O)NC(CCC(=O)NC(CCC(=O)OCc1ccccc1)C(=O)OCc1ccccc1)C(=O)NC(CCC(=O)OCc1ccccc1)C(=O)OCc1ccccc1. The molecule has 0 saturated carbocycles. The van der Waals surface area contributed by atoms with Crippen LogP contribution in [0.15, 0.2) is 152 Å². The minimum absolute atomic E-state index is 0.0391. The molecule has 6 atom stereocenters. The smallest absolute Gasteiger partial charge is 0.408 e. The van der Waals surface area contributed by atoms with Crippen molar-refractivity contribution in [2.24, 2.45) is 5.92 Å². The number of amides is 10. The zero-order valence-electron chi connectivity index (χ0n) is 69.5. The van der Waals surface area contributed by atoms with Crippen molar-refractivity contribution in [3.63, 3.8) is 0 Å². The average molecular weight is 1670 g/mol. The zero-order valence-corrected chi connectivity index (χ0v) is 69.5. The highest BCUT2D eigenvalue weighted by atomic mass is 16.6. The summed E-state index contributed by atoms with van der Waals surface area (Å²) in [5.41, 5.74) is 1.74. The van der Waals surface area contributed by atoms with Crippen molar-refractivity contribution in [2.75, 3.05) is 52.6 Å². The van der Waals surface area contributed by atoms with Crippen LogP contribution in [0.25, 0.3) is 0 Å². The molecule has 120 heavy (non-hydrogen) atoms. The Labute approximate surface area is 699 Å². The number of hydrogen-bond acceptors (Lipinski definition) is 23. The van der Waals surface area contributed by atoms with Crippen LogP contribution in [0.4, 0.5) is 4.79 Å². The Morgan fingerprint density at radius 1 is 0.325 bits per heavy atom. The molecule has 33 heteroatoms. The van der Waals surface area contributed by atoms with Gasteiger partial charge in [-0.15, -0.1) is 0 Å². The normalized spacial score (nSPS) is 12.6. The molecule has 0 saturated heterocycles. The Kier molecular flexibility index (Phi) is 44.3. The quantitative estimate of drug-likeness (QED) is 0.0127. The van der Waals surface area contributed by atoms with Crippen molar-refractivity contribution < 1.29 is 110 Å². The van der Waals surface area contributed by atoms with E-state index in [1.165, 1.54) is 0 Å². The van der Waals surface area contributed by atoms with Crippen LogP contribution >= 0.6 is 0 Å². The lowest BCUT2D eigenvalue weighted by Gasteiger charge is -2.24. The number of alkyl carbamates (subject to hydrolysis) is 1. The topological polar surface area (TPSA) is 450 Å². The number of rotatable bonds is 53. The van der Waals surface area contributed by atoms with Crippen LogP contribution in [0.3, 0.4) is 0 Å². The molecule has 0 aromatic heterocycles. The minimum Gasteiger partial charge on any atom is -0.461 e. The Morgan fingerprint density at radius 3 is 1.26 bits per heavy atom. The standard InChI is InChI=1S/C87H116N10O23/c1-59(2)50-69(97-82(109)70(51-60-26-14-9-15-27-60)95-74(101)53-91-85(112)120-87(6,7)8)80(107)90-52-73(100)88-45-25-24-36-65(92-72(99)41-44-78(105)119-86(3,4)5)79(106)89-46-47-113-48-49-114-58-75(102)93-66(81(108)96-68(84(111)118-57-64-34-22-13-23-35-64)39-43-77(104)116-55-62-30-18-11-19-31-62)37-40-71(98)94-67(83(110)117-56-63-32-20-12-21-33-63)38-42-76(103)115-54-61-28-16-10-17-29-61/h9-23,26-35,59,65-70H,24-25,36-58H2,1-8H3,(H,88,100)(H,89,106)(H,90,107)(H,91,112)(H,92,99)(H,93,102)(H,94,98)(H,95,101)(H,96,108)(H,97,109). The van der Waals surface area contributed by atoms with Crippen LogP contribution in [0.2, 0.25) is 0 Å². The number of carbonyl (C=O) groups is 15. The van der Waals surface area contributed by atoms with Gasteiger partial charge >= 0.3 is 35.9 Å². The summed E-state index contributed by atoms with van der Waals surface area (Å²) in [6, 6.07) is 36.1. The molecule has 33 nitrogen and oxygen atoms in total. The third kappa shape index (κ3) is 43.9. The summed E-state index contributed by atoms with van der Waals surface area (Å²) in [5.74, 6) is -10.4. The maximum atomic E-state index is 14.5. The summed E-state index contributed by atoms with van der Waals surface area (Å²) in [6.45, 7) is 11.1. The van der Waals surface area contributed by atoms with Crippen molar-refractivity contribution in [1.29, 1.82) is 0 Å². The van der Waals surface area contributed by atoms with E-state index in [1.807, 2.05) is 13.8 Å². The molecule has 0 aliphatic heterocycles. The van der Waals surface area contributed by atoms with Crippen LogP contribution in [0.5, 0.6) is 0 Å². The summed E-state index contributed by atoms with van der Waals surface area (Å²) in [7, 11) is 0. The first-order valence-corrected chi connectivity index (χ1v) is 40.0. The first kappa shape index (κ1) is 98.4. The highest BCUT2D eigenvalue weighted by Crippen LogP contribution is 2.16. The van der Waals surface area contributed by atoms with Gasteiger partial charge in [0.2, 0.25) is 53.2 Å². The van der Waals surface area contributed by atoms with Crippen LogP contribution < -0.4 is 53.2 Å².